The Hall–Kier alpha value is -0.960. The van der Waals surface area contributed by atoms with Gasteiger partial charge in [0.15, 0.2) is 6.10 Å². The van der Waals surface area contributed by atoms with Gasteiger partial charge in [-0.2, -0.15) is 13.2 Å². The second-order valence-corrected chi connectivity index (χ2v) is 4.09. The zero-order chi connectivity index (χ0) is 14.1. The average Bonchev–Trinajstić information content (AvgIpc) is 2.16. The summed E-state index contributed by atoms with van der Waals surface area (Å²) in [5, 5.41) is 8.97. The number of alkyl halides is 6. The third kappa shape index (κ3) is 4.05. The molecule has 9 heteroatoms. The van der Waals surface area contributed by atoms with E-state index in [1.165, 1.54) is 0 Å². The van der Waals surface area contributed by atoms with Gasteiger partial charge in [-0.05, 0) is 18.2 Å². The molecule has 1 rings (SSSR count). The molecule has 0 aromatic heterocycles. The van der Waals surface area contributed by atoms with E-state index in [-0.39, 0.29) is 4.47 Å². The number of ether oxygens (including phenoxy) is 1. The number of aliphatic hydroxyl groups is 1. The normalized spacial score (nSPS) is 14.4. The molecule has 0 bridgehead atoms. The van der Waals surface area contributed by atoms with Crippen molar-refractivity contribution in [2.75, 3.05) is 0 Å². The second kappa shape index (κ2) is 4.96. The summed E-state index contributed by atoms with van der Waals surface area (Å²) in [5.41, 5.74) is -1.02. The summed E-state index contributed by atoms with van der Waals surface area (Å²) in [7, 11) is 0. The Kier molecular flexibility index (Phi) is 4.16. The molecule has 0 heterocycles. The molecular formula is C9H5BrF6O2. The van der Waals surface area contributed by atoms with Crippen molar-refractivity contribution in [2.45, 2.75) is 18.6 Å². The minimum atomic E-state index is -5.14. The molecule has 0 saturated carbocycles. The third-order valence-electron chi connectivity index (χ3n) is 1.80. The van der Waals surface area contributed by atoms with Crippen LogP contribution in [0, 0.1) is 0 Å². The molecule has 0 saturated heterocycles. The van der Waals surface area contributed by atoms with E-state index in [9.17, 15) is 26.3 Å². The molecule has 18 heavy (non-hydrogen) atoms. The Bertz CT molecular complexity index is 428. The Morgan fingerprint density at radius 3 is 2.11 bits per heavy atom. The lowest BCUT2D eigenvalue weighted by Gasteiger charge is -2.19. The molecule has 0 fully saturated rings. The quantitative estimate of drug-likeness (QED) is 0.827. The first-order valence-corrected chi connectivity index (χ1v) is 5.10. The van der Waals surface area contributed by atoms with Crippen LogP contribution in [0.15, 0.2) is 22.7 Å². The van der Waals surface area contributed by atoms with E-state index < -0.39 is 30.0 Å². The van der Waals surface area contributed by atoms with Crippen molar-refractivity contribution in [3.8, 4) is 5.75 Å². The van der Waals surface area contributed by atoms with E-state index in [0.717, 1.165) is 6.07 Å². The first-order chi connectivity index (χ1) is 8.00. The van der Waals surface area contributed by atoms with Crippen molar-refractivity contribution >= 4 is 15.9 Å². The number of aliphatic hydroxyl groups excluding tert-OH is 1. The van der Waals surface area contributed by atoms with Crippen molar-refractivity contribution in [1.82, 2.24) is 0 Å². The Labute approximate surface area is 105 Å². The number of halogens is 7. The lowest BCUT2D eigenvalue weighted by atomic mass is 10.1. The van der Waals surface area contributed by atoms with Gasteiger partial charge < -0.3 is 9.84 Å². The van der Waals surface area contributed by atoms with Crippen molar-refractivity contribution in [2.24, 2.45) is 0 Å². The SMILES string of the molecule is OC(c1cc(Br)ccc1OC(F)(F)F)C(F)(F)F. The first kappa shape index (κ1) is 15.1. The minimum Gasteiger partial charge on any atom is -0.405 e. The monoisotopic (exact) mass is 338 g/mol. The van der Waals surface area contributed by atoms with Crippen LogP contribution < -0.4 is 4.74 Å². The molecule has 1 aromatic carbocycles. The van der Waals surface area contributed by atoms with Crippen LogP contribution in [0.5, 0.6) is 5.75 Å². The van der Waals surface area contributed by atoms with Gasteiger partial charge in [0.05, 0.1) is 0 Å². The number of rotatable bonds is 2. The molecular weight excluding hydrogens is 334 g/mol. The first-order valence-electron chi connectivity index (χ1n) is 4.30. The van der Waals surface area contributed by atoms with Crippen molar-refractivity contribution in [1.29, 1.82) is 0 Å². The van der Waals surface area contributed by atoms with E-state index in [1.54, 1.807) is 0 Å². The topological polar surface area (TPSA) is 29.5 Å². The van der Waals surface area contributed by atoms with Crippen LogP contribution in [0.2, 0.25) is 0 Å². The van der Waals surface area contributed by atoms with Gasteiger partial charge in [0.25, 0.3) is 0 Å². The molecule has 0 aliphatic heterocycles. The van der Waals surface area contributed by atoms with E-state index >= 15 is 0 Å². The number of hydrogen-bond donors (Lipinski definition) is 1. The van der Waals surface area contributed by atoms with E-state index in [2.05, 4.69) is 20.7 Å². The van der Waals surface area contributed by atoms with Crippen molar-refractivity contribution < 1.29 is 36.2 Å². The number of benzene rings is 1. The largest absolute Gasteiger partial charge is 0.573 e. The molecule has 2 nitrogen and oxygen atoms in total. The molecule has 0 radical (unpaired) electrons. The summed E-state index contributed by atoms with van der Waals surface area (Å²) in [6.07, 6.45) is -13.3. The van der Waals surface area contributed by atoms with Crippen LogP contribution >= 0.6 is 15.9 Å². The van der Waals surface area contributed by atoms with Gasteiger partial charge >= 0.3 is 12.5 Å². The highest BCUT2D eigenvalue weighted by Crippen LogP contribution is 2.39. The maximum absolute atomic E-state index is 12.3. The standard InChI is InChI=1S/C9H5BrF6O2/c10-4-1-2-6(18-9(14,15)16)5(3-4)7(17)8(11,12)13/h1-3,7,17H. The zero-order valence-electron chi connectivity index (χ0n) is 8.31. The van der Waals surface area contributed by atoms with Gasteiger partial charge in [-0.1, -0.05) is 15.9 Å². The fourth-order valence-electron chi connectivity index (χ4n) is 1.13. The molecule has 0 spiro atoms. The minimum absolute atomic E-state index is 0.0790. The highest BCUT2D eigenvalue weighted by molar-refractivity contribution is 9.10. The lowest BCUT2D eigenvalue weighted by Crippen LogP contribution is -2.23. The molecule has 1 N–H and O–H groups in total. The maximum atomic E-state index is 12.3. The summed E-state index contributed by atoms with van der Waals surface area (Å²) in [6, 6.07) is 2.45. The van der Waals surface area contributed by atoms with Crippen LogP contribution in [-0.2, 0) is 0 Å². The summed E-state index contributed by atoms with van der Waals surface area (Å²) >= 11 is 2.80. The van der Waals surface area contributed by atoms with Crippen LogP contribution in [0.1, 0.15) is 11.7 Å². The van der Waals surface area contributed by atoms with E-state index in [0.29, 0.717) is 12.1 Å². The Morgan fingerprint density at radius 2 is 1.67 bits per heavy atom. The molecule has 0 aliphatic carbocycles. The lowest BCUT2D eigenvalue weighted by molar-refractivity contribution is -0.276. The fourth-order valence-corrected chi connectivity index (χ4v) is 1.51. The number of hydrogen-bond acceptors (Lipinski definition) is 2. The molecule has 0 aliphatic rings. The van der Waals surface area contributed by atoms with Crippen molar-refractivity contribution in [3.05, 3.63) is 28.2 Å². The van der Waals surface area contributed by atoms with Gasteiger partial charge in [-0.15, -0.1) is 13.2 Å². The van der Waals surface area contributed by atoms with Gasteiger partial charge in [0.2, 0.25) is 0 Å². The smallest absolute Gasteiger partial charge is 0.405 e. The fraction of sp³-hybridized carbons (Fsp3) is 0.333. The highest BCUT2D eigenvalue weighted by Gasteiger charge is 2.42. The van der Waals surface area contributed by atoms with Gasteiger partial charge in [-0.3, -0.25) is 0 Å². The second-order valence-electron chi connectivity index (χ2n) is 3.17. The summed E-state index contributed by atoms with van der Waals surface area (Å²) < 4.78 is 76.3. The average molecular weight is 339 g/mol. The van der Waals surface area contributed by atoms with Crippen LogP contribution in [0.3, 0.4) is 0 Å². The third-order valence-corrected chi connectivity index (χ3v) is 2.30. The zero-order valence-corrected chi connectivity index (χ0v) is 9.90. The highest BCUT2D eigenvalue weighted by atomic mass is 79.9. The van der Waals surface area contributed by atoms with E-state index in [4.69, 9.17) is 5.11 Å². The van der Waals surface area contributed by atoms with Crippen LogP contribution in [-0.4, -0.2) is 17.6 Å². The Balaban J connectivity index is 3.20. The molecule has 102 valence electrons. The molecule has 0 amide bonds. The van der Waals surface area contributed by atoms with Gasteiger partial charge in [-0.25, -0.2) is 0 Å². The molecule has 1 aromatic rings. The van der Waals surface area contributed by atoms with Gasteiger partial charge in [0, 0.05) is 10.0 Å². The van der Waals surface area contributed by atoms with Crippen LogP contribution in [0.4, 0.5) is 26.3 Å². The van der Waals surface area contributed by atoms with E-state index in [1.807, 2.05) is 0 Å². The summed E-state index contributed by atoms with van der Waals surface area (Å²) in [6.45, 7) is 0. The van der Waals surface area contributed by atoms with Crippen LogP contribution in [0.25, 0.3) is 0 Å². The predicted molar refractivity (Wildman–Crippen MR) is 51.8 cm³/mol. The van der Waals surface area contributed by atoms with Crippen molar-refractivity contribution in [3.63, 3.8) is 0 Å². The molecule has 1 atom stereocenters. The Morgan fingerprint density at radius 1 is 1.11 bits per heavy atom. The van der Waals surface area contributed by atoms with Gasteiger partial charge in [0.1, 0.15) is 5.75 Å². The maximum Gasteiger partial charge on any atom is 0.573 e. The summed E-state index contributed by atoms with van der Waals surface area (Å²) in [5.74, 6) is -1.10. The summed E-state index contributed by atoms with van der Waals surface area (Å²) in [4.78, 5) is 0. The molecule has 1 unspecified atom stereocenters. The predicted octanol–water partition coefficient (Wildman–Crippen LogP) is 3.94.